The Morgan fingerprint density at radius 1 is 1.44 bits per heavy atom. The SMILES string of the molecule is [Li][C](=O)c1ccc(C(C2COC2)[SH](=O)=O)o1. The van der Waals surface area contributed by atoms with Gasteiger partial charge in [0.15, 0.2) is 0 Å². The van der Waals surface area contributed by atoms with Crippen LogP contribution in [0, 0.1) is 5.92 Å². The molecule has 0 aromatic carbocycles. The van der Waals surface area contributed by atoms with Gasteiger partial charge in [-0.3, -0.25) is 0 Å². The van der Waals surface area contributed by atoms with E-state index in [2.05, 4.69) is 0 Å². The number of ether oxygens (including phenoxy) is 1. The predicted octanol–water partition coefficient (Wildman–Crippen LogP) is -0.113. The Kier molecular flexibility index (Phi) is 3.55. The summed E-state index contributed by atoms with van der Waals surface area (Å²) in [5.41, 5.74) is 0. The standard InChI is InChI=1S/C9H9O5S.Li/c10-3-7-1-2-8(14-7)9(15(11)12)6-4-13-5-6;/h1-2,6,9,15H,4-5H2;. The van der Waals surface area contributed by atoms with Crippen LogP contribution in [-0.2, 0) is 15.4 Å². The van der Waals surface area contributed by atoms with Crippen molar-refractivity contribution in [3.63, 3.8) is 0 Å². The molecule has 0 spiro atoms. The monoisotopic (exact) mass is 236 g/mol. The van der Waals surface area contributed by atoms with Crippen LogP contribution in [0.3, 0.4) is 0 Å². The summed E-state index contributed by atoms with van der Waals surface area (Å²) in [7, 11) is -2.63. The van der Waals surface area contributed by atoms with Crippen LogP contribution in [0.15, 0.2) is 16.5 Å². The number of carbonyl (C=O) groups excluding carboxylic acids is 1. The van der Waals surface area contributed by atoms with Gasteiger partial charge in [0.1, 0.15) is 0 Å². The third-order valence-electron chi connectivity index (χ3n) is 2.60. The van der Waals surface area contributed by atoms with Gasteiger partial charge in [-0.2, -0.15) is 0 Å². The maximum absolute atomic E-state index is 11.1. The molecule has 1 aliphatic heterocycles. The van der Waals surface area contributed by atoms with Crippen molar-refractivity contribution >= 4 is 32.9 Å². The van der Waals surface area contributed by atoms with E-state index in [1.54, 1.807) is 6.07 Å². The molecule has 0 N–H and O–H groups in total. The Morgan fingerprint density at radius 2 is 2.12 bits per heavy atom. The summed E-state index contributed by atoms with van der Waals surface area (Å²) < 4.78 is 32.3. The summed E-state index contributed by atoms with van der Waals surface area (Å²) in [6.07, 6.45) is 0. The molecule has 16 heavy (non-hydrogen) atoms. The molecule has 0 saturated carbocycles. The molecule has 0 amide bonds. The average Bonchev–Trinajstić information content (AvgIpc) is 2.58. The van der Waals surface area contributed by atoms with E-state index in [1.165, 1.54) is 23.8 Å². The molecule has 1 aromatic rings. The summed E-state index contributed by atoms with van der Waals surface area (Å²) in [6.45, 7) is 0.841. The van der Waals surface area contributed by atoms with Crippen LogP contribution < -0.4 is 0 Å². The molecule has 0 bridgehead atoms. The van der Waals surface area contributed by atoms with Crippen molar-refractivity contribution < 1.29 is 22.4 Å². The zero-order chi connectivity index (χ0) is 11.7. The van der Waals surface area contributed by atoms with Crippen LogP contribution >= 0.6 is 0 Å². The summed E-state index contributed by atoms with van der Waals surface area (Å²) in [5, 5.41) is -0.683. The molecule has 0 aliphatic carbocycles. The molecule has 1 atom stereocenters. The molecule has 82 valence electrons. The first-order valence-electron chi connectivity index (χ1n) is 4.91. The van der Waals surface area contributed by atoms with E-state index in [-0.39, 0.29) is 16.1 Å². The van der Waals surface area contributed by atoms with E-state index in [1.807, 2.05) is 0 Å². The predicted molar refractivity (Wildman–Crippen MR) is 56.2 cm³/mol. The van der Waals surface area contributed by atoms with E-state index in [9.17, 15) is 13.2 Å². The summed E-state index contributed by atoms with van der Waals surface area (Å²) in [4.78, 5) is 11.0. The number of rotatable bonds is 4. The quantitative estimate of drug-likeness (QED) is 0.583. The summed E-state index contributed by atoms with van der Waals surface area (Å²) >= 11 is 1.38. The number of thiol groups is 1. The summed E-state index contributed by atoms with van der Waals surface area (Å²) in [6, 6.07) is 3.05. The number of hydrogen-bond donors (Lipinski definition) is 1. The van der Waals surface area contributed by atoms with Gasteiger partial charge in [-0.25, -0.2) is 0 Å². The Morgan fingerprint density at radius 3 is 2.50 bits per heavy atom. The first-order chi connectivity index (χ1) is 7.59. The normalized spacial score (nSPS) is 18.4. The van der Waals surface area contributed by atoms with Gasteiger partial charge in [0.25, 0.3) is 0 Å². The van der Waals surface area contributed by atoms with Gasteiger partial charge >= 0.3 is 103 Å². The fourth-order valence-corrected chi connectivity index (χ4v) is 2.51. The van der Waals surface area contributed by atoms with Gasteiger partial charge in [-0.15, -0.1) is 0 Å². The fourth-order valence-electron chi connectivity index (χ4n) is 1.65. The molecule has 0 radical (unpaired) electrons. The molecular formula is C9H9LiO5S. The van der Waals surface area contributed by atoms with Crippen molar-refractivity contribution in [2.24, 2.45) is 5.92 Å². The molecule has 1 saturated heterocycles. The Balaban J connectivity index is 2.27. The van der Waals surface area contributed by atoms with Crippen molar-refractivity contribution in [2.45, 2.75) is 5.25 Å². The number of hydrogen-bond acceptors (Lipinski definition) is 5. The van der Waals surface area contributed by atoms with E-state index in [0.717, 1.165) is 0 Å². The number of furan rings is 1. The molecule has 5 nitrogen and oxygen atoms in total. The second-order valence-electron chi connectivity index (χ2n) is 3.79. The van der Waals surface area contributed by atoms with Gasteiger partial charge in [-0.05, 0) is 0 Å². The van der Waals surface area contributed by atoms with Crippen molar-refractivity contribution in [1.29, 1.82) is 0 Å². The first kappa shape index (κ1) is 11.9. The molecule has 7 heteroatoms. The molecule has 1 fully saturated rings. The minimum atomic E-state index is -2.63. The van der Waals surface area contributed by atoms with Crippen molar-refractivity contribution in [3.05, 3.63) is 23.7 Å². The Labute approximate surface area is 103 Å². The van der Waals surface area contributed by atoms with Crippen LogP contribution in [0.25, 0.3) is 0 Å². The molecule has 2 heterocycles. The summed E-state index contributed by atoms with van der Waals surface area (Å²) in [5.74, 6) is 0.457. The van der Waals surface area contributed by atoms with Gasteiger partial charge in [0.05, 0.1) is 0 Å². The van der Waals surface area contributed by atoms with Gasteiger partial charge < -0.3 is 0 Å². The first-order valence-corrected chi connectivity index (χ1v) is 6.16. The van der Waals surface area contributed by atoms with Gasteiger partial charge in [0.2, 0.25) is 0 Å². The molecule has 1 unspecified atom stereocenters. The third-order valence-corrected chi connectivity index (χ3v) is 3.73. The average molecular weight is 236 g/mol. The van der Waals surface area contributed by atoms with Crippen LogP contribution in [0.2, 0.25) is 0 Å². The fraction of sp³-hybridized carbons (Fsp3) is 0.444. The number of carbonyl (C=O) groups is 1. The zero-order valence-corrected chi connectivity index (χ0v) is 9.61. The molecule has 1 aromatic heterocycles. The van der Waals surface area contributed by atoms with E-state index >= 15 is 0 Å². The topological polar surface area (TPSA) is 73.6 Å². The molecular weight excluding hydrogens is 227 g/mol. The maximum atomic E-state index is 11.1. The second-order valence-corrected chi connectivity index (χ2v) is 4.91. The Hall–Kier alpha value is -0.543. The zero-order valence-electron chi connectivity index (χ0n) is 8.71. The van der Waals surface area contributed by atoms with Crippen molar-refractivity contribution in [1.82, 2.24) is 0 Å². The third kappa shape index (κ3) is 2.25. The van der Waals surface area contributed by atoms with Gasteiger partial charge in [-0.1, -0.05) is 0 Å². The van der Waals surface area contributed by atoms with Crippen LogP contribution in [0.5, 0.6) is 0 Å². The van der Waals surface area contributed by atoms with Crippen LogP contribution in [-0.4, -0.2) is 43.8 Å². The minimum absolute atomic E-state index is 0.0629. The van der Waals surface area contributed by atoms with Gasteiger partial charge in [0, 0.05) is 0 Å². The van der Waals surface area contributed by atoms with Crippen LogP contribution in [0.4, 0.5) is 0 Å². The van der Waals surface area contributed by atoms with Crippen molar-refractivity contribution in [3.8, 4) is 0 Å². The molecule has 1 aliphatic rings. The van der Waals surface area contributed by atoms with E-state index < -0.39 is 16.0 Å². The van der Waals surface area contributed by atoms with E-state index in [4.69, 9.17) is 9.15 Å². The van der Waals surface area contributed by atoms with E-state index in [0.29, 0.717) is 19.0 Å². The van der Waals surface area contributed by atoms with Crippen molar-refractivity contribution in [2.75, 3.05) is 13.2 Å². The molecule has 2 rings (SSSR count). The van der Waals surface area contributed by atoms with Crippen LogP contribution in [0.1, 0.15) is 21.6 Å². The second kappa shape index (κ2) is 4.76. The Bertz CT molecular complexity index is 466.